The Bertz CT molecular complexity index is 749. The van der Waals surface area contributed by atoms with Crippen LogP contribution in [0.2, 0.25) is 0 Å². The van der Waals surface area contributed by atoms with Crippen LogP contribution in [-0.2, 0) is 13.1 Å². The van der Waals surface area contributed by atoms with Crippen LogP contribution >= 0.6 is 0 Å². The van der Waals surface area contributed by atoms with Crippen LogP contribution in [0.15, 0.2) is 54.7 Å². The molecule has 0 amide bonds. The van der Waals surface area contributed by atoms with Gasteiger partial charge in [0.1, 0.15) is 0 Å². The predicted molar refractivity (Wildman–Crippen MR) is 86.0 cm³/mol. The van der Waals surface area contributed by atoms with Crippen molar-refractivity contribution in [2.75, 3.05) is 11.9 Å². The lowest BCUT2D eigenvalue weighted by molar-refractivity contribution is 0.873. The molecule has 3 aromatic rings. The molecule has 0 unspecified atom stereocenters. The van der Waals surface area contributed by atoms with Crippen molar-refractivity contribution in [2.24, 2.45) is 5.73 Å². The fourth-order valence-electron chi connectivity index (χ4n) is 2.50. The minimum Gasteiger partial charge on any atom is -0.353 e. The number of aromatic nitrogens is 2. The average molecular weight is 278 g/mol. The van der Waals surface area contributed by atoms with E-state index in [1.165, 1.54) is 5.56 Å². The van der Waals surface area contributed by atoms with Gasteiger partial charge in [-0.05, 0) is 11.1 Å². The molecule has 0 aliphatic heterocycles. The molecule has 106 valence electrons. The number of anilines is 1. The van der Waals surface area contributed by atoms with Crippen LogP contribution in [0.3, 0.4) is 0 Å². The largest absolute Gasteiger partial charge is 0.353 e. The van der Waals surface area contributed by atoms with Crippen LogP contribution in [0.5, 0.6) is 0 Å². The molecule has 0 fully saturated rings. The molecule has 2 aromatic carbocycles. The minimum atomic E-state index is 0.561. The van der Waals surface area contributed by atoms with Gasteiger partial charge in [0.2, 0.25) is 0 Å². The molecule has 0 bridgehead atoms. The Kier molecular flexibility index (Phi) is 3.79. The first-order valence-electron chi connectivity index (χ1n) is 6.97. The zero-order valence-electron chi connectivity index (χ0n) is 12.0. The maximum Gasteiger partial charge on any atom is 0.159 e. The predicted octanol–water partition coefficient (Wildman–Crippen LogP) is 2.72. The van der Waals surface area contributed by atoms with Gasteiger partial charge in [0.05, 0.1) is 6.20 Å². The molecule has 0 radical (unpaired) electrons. The van der Waals surface area contributed by atoms with E-state index in [0.29, 0.717) is 6.54 Å². The zero-order valence-corrected chi connectivity index (χ0v) is 12.0. The summed E-state index contributed by atoms with van der Waals surface area (Å²) in [5, 5.41) is 10.6. The van der Waals surface area contributed by atoms with Crippen molar-refractivity contribution >= 4 is 16.6 Å². The summed E-state index contributed by atoms with van der Waals surface area (Å²) in [6.45, 7) is 1.34. The molecule has 0 saturated heterocycles. The molecule has 1 heterocycles. The van der Waals surface area contributed by atoms with Crippen LogP contribution in [0.1, 0.15) is 11.1 Å². The van der Waals surface area contributed by atoms with Crippen LogP contribution in [0.4, 0.5) is 5.82 Å². The standard InChI is InChI=1S/C17H18N4/c1-21(12-14-6-4-5-13(9-14)10-18)17-16-8-3-2-7-15(16)11-19-20-17/h2-9,11H,10,12,18H2,1H3. The number of nitrogens with zero attached hydrogens (tertiary/aromatic N) is 3. The van der Waals surface area contributed by atoms with Gasteiger partial charge in [-0.25, -0.2) is 0 Å². The van der Waals surface area contributed by atoms with E-state index in [9.17, 15) is 0 Å². The molecule has 4 heteroatoms. The Morgan fingerprint density at radius 3 is 2.71 bits per heavy atom. The lowest BCUT2D eigenvalue weighted by atomic mass is 10.1. The quantitative estimate of drug-likeness (QED) is 0.797. The Balaban J connectivity index is 1.91. The topological polar surface area (TPSA) is 55.0 Å². The van der Waals surface area contributed by atoms with Gasteiger partial charge in [-0.15, -0.1) is 5.10 Å². The van der Waals surface area contributed by atoms with Crippen LogP contribution in [-0.4, -0.2) is 17.2 Å². The summed E-state index contributed by atoms with van der Waals surface area (Å²) < 4.78 is 0. The van der Waals surface area contributed by atoms with E-state index in [1.54, 1.807) is 6.20 Å². The Hall–Kier alpha value is -2.46. The SMILES string of the molecule is CN(Cc1cccc(CN)c1)c1nncc2ccccc12. The molecule has 21 heavy (non-hydrogen) atoms. The van der Waals surface area contributed by atoms with E-state index in [1.807, 2.05) is 31.3 Å². The molecule has 4 nitrogen and oxygen atoms in total. The second-order valence-electron chi connectivity index (χ2n) is 5.14. The molecular formula is C17H18N4. The summed E-state index contributed by atoms with van der Waals surface area (Å²) in [6.07, 6.45) is 1.79. The van der Waals surface area contributed by atoms with E-state index < -0.39 is 0 Å². The fourth-order valence-corrected chi connectivity index (χ4v) is 2.50. The van der Waals surface area contributed by atoms with Gasteiger partial charge in [0.25, 0.3) is 0 Å². The highest BCUT2D eigenvalue weighted by atomic mass is 15.2. The normalized spacial score (nSPS) is 10.8. The monoisotopic (exact) mass is 278 g/mol. The van der Waals surface area contributed by atoms with Gasteiger partial charge >= 0.3 is 0 Å². The number of hydrogen-bond donors (Lipinski definition) is 1. The number of rotatable bonds is 4. The summed E-state index contributed by atoms with van der Waals surface area (Å²) in [4.78, 5) is 2.12. The van der Waals surface area contributed by atoms with Gasteiger partial charge in [0, 0.05) is 30.9 Å². The van der Waals surface area contributed by atoms with E-state index >= 15 is 0 Å². The Labute approximate surface area is 124 Å². The third-order valence-corrected chi connectivity index (χ3v) is 3.56. The van der Waals surface area contributed by atoms with Crippen molar-refractivity contribution in [3.8, 4) is 0 Å². The van der Waals surface area contributed by atoms with Crippen molar-refractivity contribution in [3.63, 3.8) is 0 Å². The first-order chi connectivity index (χ1) is 10.3. The maximum atomic E-state index is 5.70. The minimum absolute atomic E-state index is 0.561. The highest BCUT2D eigenvalue weighted by Gasteiger charge is 2.09. The molecule has 2 N–H and O–H groups in total. The smallest absolute Gasteiger partial charge is 0.159 e. The lowest BCUT2D eigenvalue weighted by Crippen LogP contribution is -2.18. The summed E-state index contributed by atoms with van der Waals surface area (Å²) in [6, 6.07) is 16.5. The average Bonchev–Trinajstić information content (AvgIpc) is 2.54. The second-order valence-corrected chi connectivity index (χ2v) is 5.14. The van der Waals surface area contributed by atoms with E-state index in [4.69, 9.17) is 5.73 Å². The second kappa shape index (κ2) is 5.89. The zero-order chi connectivity index (χ0) is 14.7. The molecule has 3 rings (SSSR count). The van der Waals surface area contributed by atoms with E-state index in [0.717, 1.165) is 28.7 Å². The lowest BCUT2D eigenvalue weighted by Gasteiger charge is -2.19. The summed E-state index contributed by atoms with van der Waals surface area (Å²) in [5.41, 5.74) is 8.06. The number of hydrogen-bond acceptors (Lipinski definition) is 4. The molecule has 0 saturated carbocycles. The first-order valence-corrected chi connectivity index (χ1v) is 6.97. The Morgan fingerprint density at radius 1 is 1.05 bits per heavy atom. The summed E-state index contributed by atoms with van der Waals surface area (Å²) >= 11 is 0. The molecular weight excluding hydrogens is 260 g/mol. The van der Waals surface area contributed by atoms with E-state index in [2.05, 4.69) is 39.4 Å². The van der Waals surface area contributed by atoms with Crippen molar-refractivity contribution in [1.29, 1.82) is 0 Å². The summed E-state index contributed by atoms with van der Waals surface area (Å²) in [5.74, 6) is 0.895. The maximum absolute atomic E-state index is 5.70. The molecule has 0 aliphatic carbocycles. The van der Waals surface area contributed by atoms with Crippen molar-refractivity contribution in [3.05, 3.63) is 65.9 Å². The number of fused-ring (bicyclic) bond motifs is 1. The van der Waals surface area contributed by atoms with Crippen molar-refractivity contribution in [2.45, 2.75) is 13.1 Å². The van der Waals surface area contributed by atoms with Gasteiger partial charge in [0.15, 0.2) is 5.82 Å². The third kappa shape index (κ3) is 2.85. The van der Waals surface area contributed by atoms with Gasteiger partial charge in [-0.1, -0.05) is 48.5 Å². The van der Waals surface area contributed by atoms with Crippen LogP contribution in [0, 0.1) is 0 Å². The number of benzene rings is 2. The van der Waals surface area contributed by atoms with Gasteiger partial charge in [-0.3, -0.25) is 0 Å². The molecule has 0 atom stereocenters. The summed E-state index contributed by atoms with van der Waals surface area (Å²) in [7, 11) is 2.03. The number of nitrogens with two attached hydrogens (primary N) is 1. The highest BCUT2D eigenvalue weighted by molar-refractivity contribution is 5.91. The van der Waals surface area contributed by atoms with Crippen molar-refractivity contribution in [1.82, 2.24) is 10.2 Å². The highest BCUT2D eigenvalue weighted by Crippen LogP contribution is 2.23. The van der Waals surface area contributed by atoms with Crippen LogP contribution < -0.4 is 10.6 Å². The molecule has 0 spiro atoms. The first kappa shape index (κ1) is 13.5. The fraction of sp³-hybridized carbons (Fsp3) is 0.176. The van der Waals surface area contributed by atoms with Crippen molar-refractivity contribution < 1.29 is 0 Å². The molecule has 1 aromatic heterocycles. The molecule has 0 aliphatic rings. The Morgan fingerprint density at radius 2 is 1.86 bits per heavy atom. The van der Waals surface area contributed by atoms with Gasteiger partial charge < -0.3 is 10.6 Å². The van der Waals surface area contributed by atoms with Gasteiger partial charge in [-0.2, -0.15) is 5.10 Å². The van der Waals surface area contributed by atoms with Crippen LogP contribution in [0.25, 0.3) is 10.8 Å². The van der Waals surface area contributed by atoms with E-state index in [-0.39, 0.29) is 0 Å². The third-order valence-electron chi connectivity index (χ3n) is 3.56.